The van der Waals surface area contributed by atoms with Crippen LogP contribution >= 0.6 is 15.9 Å². The molecule has 1 unspecified atom stereocenters. The lowest BCUT2D eigenvalue weighted by Crippen LogP contribution is -2.21. The normalized spacial score (nSPS) is 20.2. The van der Waals surface area contributed by atoms with Crippen molar-refractivity contribution < 1.29 is 4.92 Å². The van der Waals surface area contributed by atoms with E-state index in [4.69, 9.17) is 0 Å². The van der Waals surface area contributed by atoms with Gasteiger partial charge in [-0.25, -0.2) is 0 Å². The lowest BCUT2D eigenvalue weighted by Gasteiger charge is -2.17. The third-order valence-electron chi connectivity index (χ3n) is 3.09. The summed E-state index contributed by atoms with van der Waals surface area (Å²) in [6, 6.07) is 5.56. The zero-order valence-corrected chi connectivity index (χ0v) is 11.6. The highest BCUT2D eigenvalue weighted by Gasteiger charge is 2.15. The first-order chi connectivity index (χ1) is 8.66. The van der Waals surface area contributed by atoms with Crippen molar-refractivity contribution in [2.24, 2.45) is 0 Å². The van der Waals surface area contributed by atoms with Gasteiger partial charge in [0.05, 0.1) is 9.40 Å². The molecule has 1 atom stereocenters. The van der Waals surface area contributed by atoms with E-state index < -0.39 is 0 Å². The second-order valence-corrected chi connectivity index (χ2v) is 5.30. The molecule has 1 aliphatic rings. The van der Waals surface area contributed by atoms with Crippen molar-refractivity contribution in [3.8, 4) is 0 Å². The van der Waals surface area contributed by atoms with Crippen LogP contribution in [0.2, 0.25) is 0 Å². The highest BCUT2D eigenvalue weighted by atomic mass is 79.9. The molecule has 18 heavy (non-hydrogen) atoms. The maximum absolute atomic E-state index is 10.9. The Morgan fingerprint density at radius 3 is 3.00 bits per heavy atom. The van der Waals surface area contributed by atoms with Crippen molar-refractivity contribution in [1.82, 2.24) is 5.32 Å². The molecular weight excluding hydrogens is 298 g/mol. The molecule has 0 aliphatic carbocycles. The minimum atomic E-state index is -0.371. The number of nitrogens with zero attached hydrogens (tertiary/aromatic N) is 1. The van der Waals surface area contributed by atoms with Crippen LogP contribution in [-0.4, -0.2) is 24.1 Å². The summed E-state index contributed by atoms with van der Waals surface area (Å²) in [5.74, 6) is 0. The molecule has 1 aromatic carbocycles. The summed E-state index contributed by atoms with van der Waals surface area (Å²) in [6.45, 7) is 2.05. The van der Waals surface area contributed by atoms with Gasteiger partial charge in [-0.3, -0.25) is 10.1 Å². The second kappa shape index (κ2) is 6.15. The highest BCUT2D eigenvalue weighted by molar-refractivity contribution is 9.10. The minimum Gasteiger partial charge on any atom is -0.382 e. The smallest absolute Gasteiger partial charge is 0.285 e. The number of hydrogen-bond donors (Lipinski definition) is 2. The average molecular weight is 314 g/mol. The third kappa shape index (κ3) is 3.43. The number of nitro groups is 1. The number of benzene rings is 1. The largest absolute Gasteiger partial charge is 0.382 e. The van der Waals surface area contributed by atoms with Gasteiger partial charge in [-0.05, 0) is 60.4 Å². The fraction of sp³-hybridized carbons (Fsp3) is 0.500. The van der Waals surface area contributed by atoms with E-state index in [9.17, 15) is 10.1 Å². The summed E-state index contributed by atoms with van der Waals surface area (Å²) in [4.78, 5) is 10.5. The molecule has 98 valence electrons. The van der Waals surface area contributed by atoms with Crippen LogP contribution in [0.1, 0.15) is 19.3 Å². The molecule has 2 N–H and O–H groups in total. The maximum Gasteiger partial charge on any atom is 0.285 e. The molecule has 1 saturated heterocycles. The number of hydrogen-bond acceptors (Lipinski definition) is 4. The van der Waals surface area contributed by atoms with Gasteiger partial charge in [0.1, 0.15) is 0 Å². The summed E-state index contributed by atoms with van der Waals surface area (Å²) >= 11 is 3.19. The van der Waals surface area contributed by atoms with Gasteiger partial charge in [0.15, 0.2) is 0 Å². The molecule has 1 fully saturated rings. The molecule has 0 aromatic heterocycles. The SMILES string of the molecule is O=[N+]([O-])c1cc(NC2CCCNCC2)ccc1Br. The van der Waals surface area contributed by atoms with Gasteiger partial charge in [-0.2, -0.15) is 0 Å². The molecular formula is C12H16BrN3O2. The molecule has 0 bridgehead atoms. The predicted octanol–water partition coefficient (Wildman–Crippen LogP) is 2.91. The van der Waals surface area contributed by atoms with Crippen molar-refractivity contribution in [2.75, 3.05) is 18.4 Å². The van der Waals surface area contributed by atoms with Gasteiger partial charge in [0, 0.05) is 17.8 Å². The molecule has 2 rings (SSSR count). The quantitative estimate of drug-likeness (QED) is 0.665. The lowest BCUT2D eigenvalue weighted by atomic mass is 10.1. The summed E-state index contributed by atoms with van der Waals surface area (Å²) in [5, 5.41) is 17.6. The number of anilines is 1. The Bertz CT molecular complexity index is 431. The van der Waals surface area contributed by atoms with Crippen LogP contribution in [0.25, 0.3) is 0 Å². The summed E-state index contributed by atoms with van der Waals surface area (Å²) in [5.41, 5.74) is 0.920. The molecule has 1 aliphatic heterocycles. The first-order valence-electron chi connectivity index (χ1n) is 6.08. The standard InChI is InChI=1S/C12H16BrN3O2/c13-11-4-3-10(8-12(11)16(17)18)15-9-2-1-6-14-7-5-9/h3-4,8-9,14-15H,1-2,5-7H2. The van der Waals surface area contributed by atoms with Gasteiger partial charge in [-0.1, -0.05) is 0 Å². The summed E-state index contributed by atoms with van der Waals surface area (Å²) in [7, 11) is 0. The molecule has 0 amide bonds. The fourth-order valence-corrected chi connectivity index (χ4v) is 2.53. The minimum absolute atomic E-state index is 0.103. The number of nitro benzene ring substituents is 1. The highest BCUT2D eigenvalue weighted by Crippen LogP contribution is 2.28. The molecule has 0 spiro atoms. The van der Waals surface area contributed by atoms with Crippen molar-refractivity contribution in [2.45, 2.75) is 25.3 Å². The van der Waals surface area contributed by atoms with E-state index in [2.05, 4.69) is 26.6 Å². The maximum atomic E-state index is 10.9. The van der Waals surface area contributed by atoms with E-state index in [1.54, 1.807) is 12.1 Å². The monoisotopic (exact) mass is 313 g/mol. The first-order valence-corrected chi connectivity index (χ1v) is 6.87. The first kappa shape index (κ1) is 13.3. The van der Waals surface area contributed by atoms with Gasteiger partial charge in [0.2, 0.25) is 0 Å². The number of halogens is 1. The lowest BCUT2D eigenvalue weighted by molar-refractivity contribution is -0.385. The second-order valence-electron chi connectivity index (χ2n) is 4.45. The van der Waals surface area contributed by atoms with Gasteiger partial charge in [-0.15, -0.1) is 0 Å². The predicted molar refractivity (Wildman–Crippen MR) is 74.9 cm³/mol. The van der Waals surface area contributed by atoms with Crippen LogP contribution in [0, 0.1) is 10.1 Å². The molecule has 5 nitrogen and oxygen atoms in total. The Morgan fingerprint density at radius 1 is 1.39 bits per heavy atom. The summed E-state index contributed by atoms with van der Waals surface area (Å²) in [6.07, 6.45) is 3.27. The molecule has 1 aromatic rings. The van der Waals surface area contributed by atoms with Gasteiger partial charge >= 0.3 is 0 Å². The fourth-order valence-electron chi connectivity index (χ4n) is 2.14. The Kier molecular flexibility index (Phi) is 4.54. The third-order valence-corrected chi connectivity index (χ3v) is 3.76. The van der Waals surface area contributed by atoms with E-state index in [0.717, 1.165) is 38.0 Å². The van der Waals surface area contributed by atoms with E-state index >= 15 is 0 Å². The zero-order chi connectivity index (χ0) is 13.0. The van der Waals surface area contributed by atoms with Crippen molar-refractivity contribution in [3.63, 3.8) is 0 Å². The van der Waals surface area contributed by atoms with Crippen LogP contribution in [0.4, 0.5) is 11.4 Å². The van der Waals surface area contributed by atoms with Crippen LogP contribution < -0.4 is 10.6 Å². The van der Waals surface area contributed by atoms with Crippen molar-refractivity contribution in [3.05, 3.63) is 32.8 Å². The number of nitrogens with one attached hydrogen (secondary N) is 2. The average Bonchev–Trinajstić information content (AvgIpc) is 2.60. The Labute approximate surface area is 114 Å². The van der Waals surface area contributed by atoms with Crippen LogP contribution in [-0.2, 0) is 0 Å². The van der Waals surface area contributed by atoms with E-state index in [1.165, 1.54) is 0 Å². The van der Waals surface area contributed by atoms with Gasteiger partial charge < -0.3 is 10.6 Å². The van der Waals surface area contributed by atoms with Crippen molar-refractivity contribution in [1.29, 1.82) is 0 Å². The molecule has 0 radical (unpaired) electrons. The number of rotatable bonds is 3. The van der Waals surface area contributed by atoms with E-state index in [1.807, 2.05) is 6.07 Å². The van der Waals surface area contributed by atoms with Crippen molar-refractivity contribution >= 4 is 27.3 Å². The zero-order valence-electron chi connectivity index (χ0n) is 9.99. The van der Waals surface area contributed by atoms with Gasteiger partial charge in [0.25, 0.3) is 5.69 Å². The van der Waals surface area contributed by atoms with Crippen LogP contribution in [0.3, 0.4) is 0 Å². The van der Waals surface area contributed by atoms with Crippen LogP contribution in [0.15, 0.2) is 22.7 Å². The van der Waals surface area contributed by atoms with E-state index in [0.29, 0.717) is 10.5 Å². The van der Waals surface area contributed by atoms with Crippen LogP contribution in [0.5, 0.6) is 0 Å². The molecule has 1 heterocycles. The van der Waals surface area contributed by atoms with E-state index in [-0.39, 0.29) is 10.6 Å². The Morgan fingerprint density at radius 2 is 2.22 bits per heavy atom. The molecule has 0 saturated carbocycles. The molecule has 6 heteroatoms. The Hall–Kier alpha value is -1.14. The topological polar surface area (TPSA) is 67.2 Å². The Balaban J connectivity index is 2.08. The summed E-state index contributed by atoms with van der Waals surface area (Å²) < 4.78 is 0.514.